The smallest absolute Gasteiger partial charge is 0.189 e. The monoisotopic (exact) mass is 338 g/mol. The van der Waals surface area contributed by atoms with E-state index in [1.807, 2.05) is 24.3 Å². The van der Waals surface area contributed by atoms with E-state index < -0.39 is 0 Å². The first-order valence-electron chi connectivity index (χ1n) is 6.13. The predicted octanol–water partition coefficient (Wildman–Crippen LogP) is 4.03. The van der Waals surface area contributed by atoms with Gasteiger partial charge in [-0.25, -0.2) is 4.39 Å². The van der Waals surface area contributed by atoms with Gasteiger partial charge in [0.2, 0.25) is 0 Å². The van der Waals surface area contributed by atoms with Gasteiger partial charge < -0.3 is 14.2 Å². The molecule has 1 aliphatic heterocycles. The molecule has 0 radical (unpaired) electrons. The molecule has 0 saturated heterocycles. The molecule has 0 unspecified atom stereocenters. The van der Waals surface area contributed by atoms with E-state index in [2.05, 4.69) is 15.9 Å². The molecule has 0 atom stereocenters. The third-order valence-electron chi connectivity index (χ3n) is 2.97. The Hall–Kier alpha value is -1.59. The van der Waals surface area contributed by atoms with Crippen molar-refractivity contribution in [1.29, 1.82) is 0 Å². The maximum atomic E-state index is 13.6. The molecule has 2 aromatic carbocycles. The van der Waals surface area contributed by atoms with Crippen molar-refractivity contribution in [2.24, 2.45) is 0 Å². The minimum atomic E-state index is -0.316. The van der Waals surface area contributed by atoms with Crippen LogP contribution in [-0.2, 0) is 18.0 Å². The highest BCUT2D eigenvalue weighted by Gasteiger charge is 2.17. The van der Waals surface area contributed by atoms with E-state index in [1.165, 1.54) is 12.1 Å². The Balaban J connectivity index is 1.84. The number of fused-ring (bicyclic) bond motifs is 1. The van der Waals surface area contributed by atoms with E-state index in [0.717, 1.165) is 4.47 Å². The third-order valence-corrected chi connectivity index (χ3v) is 3.63. The molecule has 1 heterocycles. The van der Waals surface area contributed by atoms with Crippen LogP contribution in [0.4, 0.5) is 4.39 Å². The van der Waals surface area contributed by atoms with Gasteiger partial charge in [-0.05, 0) is 40.2 Å². The van der Waals surface area contributed by atoms with Crippen LogP contribution in [0.2, 0.25) is 0 Å². The fourth-order valence-corrected chi connectivity index (χ4v) is 2.48. The summed E-state index contributed by atoms with van der Waals surface area (Å²) in [5, 5.41) is 0. The Morgan fingerprint density at radius 1 is 1.25 bits per heavy atom. The molecular weight excluding hydrogens is 327 g/mol. The highest BCUT2D eigenvalue weighted by atomic mass is 79.9. The zero-order valence-corrected chi connectivity index (χ0v) is 12.2. The third kappa shape index (κ3) is 2.78. The second-order valence-electron chi connectivity index (χ2n) is 4.38. The normalized spacial score (nSPS) is 13.5. The van der Waals surface area contributed by atoms with Gasteiger partial charge in [0, 0.05) is 11.1 Å². The highest BCUT2D eigenvalue weighted by molar-refractivity contribution is 9.10. The lowest BCUT2D eigenvalue weighted by molar-refractivity contribution is -0.0178. The van der Waals surface area contributed by atoms with E-state index in [-0.39, 0.29) is 19.2 Å². The quantitative estimate of drug-likeness (QED) is 0.845. The van der Waals surface area contributed by atoms with Crippen LogP contribution < -0.4 is 9.47 Å². The Bertz CT molecular complexity index is 631. The van der Waals surface area contributed by atoms with E-state index >= 15 is 0 Å². The van der Waals surface area contributed by atoms with Crippen LogP contribution in [0.3, 0.4) is 0 Å². The molecule has 0 fully saturated rings. The van der Waals surface area contributed by atoms with E-state index in [4.69, 9.17) is 14.2 Å². The lowest BCUT2D eigenvalue weighted by atomic mass is 10.1. The zero-order valence-electron chi connectivity index (χ0n) is 10.6. The summed E-state index contributed by atoms with van der Waals surface area (Å²) in [7, 11) is 0. The number of ether oxygens (including phenoxy) is 3. The summed E-state index contributed by atoms with van der Waals surface area (Å²) in [6, 6.07) is 10.4. The number of halogens is 2. The van der Waals surface area contributed by atoms with Gasteiger partial charge in [-0.2, -0.15) is 0 Å². The van der Waals surface area contributed by atoms with Crippen molar-refractivity contribution in [2.45, 2.75) is 13.2 Å². The van der Waals surface area contributed by atoms with Crippen LogP contribution in [0.1, 0.15) is 11.1 Å². The molecule has 5 heteroatoms. The van der Waals surface area contributed by atoms with Crippen molar-refractivity contribution in [3.8, 4) is 11.5 Å². The highest BCUT2D eigenvalue weighted by Crippen LogP contribution is 2.31. The summed E-state index contributed by atoms with van der Waals surface area (Å²) in [4.78, 5) is 0. The van der Waals surface area contributed by atoms with Crippen LogP contribution in [0.15, 0.2) is 40.9 Å². The Morgan fingerprint density at radius 3 is 2.95 bits per heavy atom. The molecule has 2 aromatic rings. The Morgan fingerprint density at radius 2 is 2.10 bits per heavy atom. The first-order valence-corrected chi connectivity index (χ1v) is 6.92. The van der Waals surface area contributed by atoms with Gasteiger partial charge in [0.1, 0.15) is 23.9 Å². The average molecular weight is 339 g/mol. The zero-order chi connectivity index (χ0) is 13.9. The minimum absolute atomic E-state index is 0.181. The minimum Gasteiger partial charge on any atom is -0.488 e. The maximum absolute atomic E-state index is 13.6. The fourth-order valence-electron chi connectivity index (χ4n) is 2.08. The van der Waals surface area contributed by atoms with Gasteiger partial charge in [-0.1, -0.05) is 12.1 Å². The molecule has 1 aliphatic rings. The van der Waals surface area contributed by atoms with E-state index in [0.29, 0.717) is 29.2 Å². The number of rotatable bonds is 3. The second-order valence-corrected chi connectivity index (χ2v) is 5.24. The van der Waals surface area contributed by atoms with Crippen molar-refractivity contribution < 1.29 is 18.6 Å². The molecule has 3 nitrogen and oxygen atoms in total. The SMILES string of the molecule is Fc1cc2c(c(COc3ccccc3Br)c1)OCOC2. The van der Waals surface area contributed by atoms with Crippen molar-refractivity contribution >= 4 is 15.9 Å². The summed E-state index contributed by atoms with van der Waals surface area (Å²) >= 11 is 3.41. The van der Waals surface area contributed by atoms with Gasteiger partial charge in [0.15, 0.2) is 6.79 Å². The van der Waals surface area contributed by atoms with E-state index in [9.17, 15) is 4.39 Å². The Kier molecular flexibility index (Phi) is 3.89. The van der Waals surface area contributed by atoms with Crippen LogP contribution in [0, 0.1) is 5.82 Å². The lowest BCUT2D eigenvalue weighted by Crippen LogP contribution is -2.14. The molecule has 0 spiro atoms. The van der Waals surface area contributed by atoms with Crippen molar-refractivity contribution in [3.63, 3.8) is 0 Å². The second kappa shape index (κ2) is 5.81. The number of benzene rings is 2. The standard InChI is InChI=1S/C15H12BrFO3/c16-13-3-1-2-4-14(13)19-8-11-6-12(17)5-10-7-18-9-20-15(10)11/h1-6H,7-9H2. The number of hydrogen-bond donors (Lipinski definition) is 0. The lowest BCUT2D eigenvalue weighted by Gasteiger charge is -2.21. The maximum Gasteiger partial charge on any atom is 0.189 e. The molecule has 20 heavy (non-hydrogen) atoms. The first-order chi connectivity index (χ1) is 9.74. The molecular formula is C15H12BrFO3. The molecule has 0 bridgehead atoms. The van der Waals surface area contributed by atoms with Crippen molar-refractivity contribution in [2.75, 3.05) is 6.79 Å². The first kappa shape index (κ1) is 13.4. The molecule has 0 aliphatic carbocycles. The van der Waals surface area contributed by atoms with Gasteiger partial charge in [0.25, 0.3) is 0 Å². The van der Waals surface area contributed by atoms with Crippen molar-refractivity contribution in [1.82, 2.24) is 0 Å². The summed E-state index contributed by atoms with van der Waals surface area (Å²) in [5.74, 6) is 1.05. The average Bonchev–Trinajstić information content (AvgIpc) is 2.46. The predicted molar refractivity (Wildman–Crippen MR) is 75.2 cm³/mol. The number of hydrogen-bond acceptors (Lipinski definition) is 3. The summed E-state index contributed by atoms with van der Waals surface area (Å²) in [5.41, 5.74) is 1.39. The fraction of sp³-hybridized carbons (Fsp3) is 0.200. The summed E-state index contributed by atoms with van der Waals surface area (Å²) in [6.45, 7) is 0.776. The van der Waals surface area contributed by atoms with E-state index in [1.54, 1.807) is 0 Å². The van der Waals surface area contributed by atoms with Crippen LogP contribution >= 0.6 is 15.9 Å². The van der Waals surface area contributed by atoms with Crippen LogP contribution in [0.5, 0.6) is 11.5 Å². The summed E-state index contributed by atoms with van der Waals surface area (Å²) < 4.78 is 30.7. The Labute approximate surface area is 124 Å². The molecule has 0 saturated carbocycles. The molecule has 0 amide bonds. The topological polar surface area (TPSA) is 27.7 Å². The van der Waals surface area contributed by atoms with Crippen molar-refractivity contribution in [3.05, 3.63) is 57.8 Å². The molecule has 0 N–H and O–H groups in total. The van der Waals surface area contributed by atoms with Gasteiger partial charge >= 0.3 is 0 Å². The summed E-state index contributed by atoms with van der Waals surface area (Å²) in [6.07, 6.45) is 0. The van der Waals surface area contributed by atoms with Crippen LogP contribution in [0.25, 0.3) is 0 Å². The van der Waals surface area contributed by atoms with Gasteiger partial charge in [0.05, 0.1) is 11.1 Å². The molecule has 0 aromatic heterocycles. The molecule has 104 valence electrons. The molecule has 3 rings (SSSR count). The van der Waals surface area contributed by atoms with Crippen LogP contribution in [-0.4, -0.2) is 6.79 Å². The largest absolute Gasteiger partial charge is 0.488 e. The van der Waals surface area contributed by atoms with Gasteiger partial charge in [-0.15, -0.1) is 0 Å². The number of para-hydroxylation sites is 1. The van der Waals surface area contributed by atoms with Gasteiger partial charge in [-0.3, -0.25) is 0 Å².